The number of H-pyrrole nitrogens is 1. The van der Waals surface area contributed by atoms with Crippen LogP contribution in [0.3, 0.4) is 0 Å². The van der Waals surface area contributed by atoms with Gasteiger partial charge < -0.3 is 10.7 Å². The van der Waals surface area contributed by atoms with Gasteiger partial charge in [-0.2, -0.15) is 0 Å². The van der Waals surface area contributed by atoms with Crippen molar-refractivity contribution in [1.29, 1.82) is 0 Å². The van der Waals surface area contributed by atoms with Crippen molar-refractivity contribution in [3.63, 3.8) is 0 Å². The van der Waals surface area contributed by atoms with E-state index in [0.717, 1.165) is 0 Å². The Labute approximate surface area is 102 Å². The number of anilines is 1. The number of nitrogen functional groups attached to an aromatic ring is 1. The summed E-state index contributed by atoms with van der Waals surface area (Å²) < 4.78 is 0. The quantitative estimate of drug-likeness (QED) is 0.822. The molecule has 0 atom stereocenters. The van der Waals surface area contributed by atoms with E-state index in [0.29, 0.717) is 21.3 Å². The Morgan fingerprint density at radius 1 is 1.12 bits per heavy atom. The molecule has 0 unspecified atom stereocenters. The van der Waals surface area contributed by atoms with Crippen molar-refractivity contribution in [3.05, 3.63) is 50.7 Å². The van der Waals surface area contributed by atoms with Crippen LogP contribution in [0.25, 0.3) is 11.3 Å². The molecular formula is C11H8Cl2N2O. The fourth-order valence-electron chi connectivity index (χ4n) is 1.35. The van der Waals surface area contributed by atoms with E-state index in [1.54, 1.807) is 24.3 Å². The number of pyridine rings is 1. The fraction of sp³-hybridized carbons (Fsp3) is 0. The minimum absolute atomic E-state index is 0.168. The van der Waals surface area contributed by atoms with Gasteiger partial charge in [-0.15, -0.1) is 0 Å². The molecule has 0 aliphatic rings. The summed E-state index contributed by atoms with van der Waals surface area (Å²) in [5, 5.41) is 1.07. The van der Waals surface area contributed by atoms with Crippen LogP contribution in [-0.2, 0) is 0 Å². The zero-order chi connectivity index (χ0) is 11.7. The van der Waals surface area contributed by atoms with E-state index in [-0.39, 0.29) is 11.2 Å². The summed E-state index contributed by atoms with van der Waals surface area (Å²) in [5.74, 6) is 0. The molecule has 0 saturated heterocycles. The Balaban J connectivity index is 2.63. The van der Waals surface area contributed by atoms with Crippen LogP contribution in [0.4, 0.5) is 5.69 Å². The Bertz CT molecular complexity index is 593. The summed E-state index contributed by atoms with van der Waals surface area (Å²) in [7, 11) is 0. The second-order valence-electron chi connectivity index (χ2n) is 3.28. The van der Waals surface area contributed by atoms with E-state index >= 15 is 0 Å². The number of aromatic nitrogens is 1. The van der Waals surface area contributed by atoms with E-state index in [2.05, 4.69) is 4.98 Å². The summed E-state index contributed by atoms with van der Waals surface area (Å²) >= 11 is 11.9. The molecule has 2 aromatic rings. The molecule has 0 bridgehead atoms. The number of rotatable bonds is 1. The molecule has 0 aliphatic heterocycles. The zero-order valence-corrected chi connectivity index (χ0v) is 9.64. The molecule has 1 aromatic heterocycles. The van der Waals surface area contributed by atoms with Gasteiger partial charge in [0, 0.05) is 21.3 Å². The highest BCUT2D eigenvalue weighted by molar-refractivity contribution is 6.35. The van der Waals surface area contributed by atoms with Crippen molar-refractivity contribution in [3.8, 4) is 11.3 Å². The molecular weight excluding hydrogens is 247 g/mol. The third-order valence-corrected chi connectivity index (χ3v) is 2.72. The van der Waals surface area contributed by atoms with Gasteiger partial charge in [-0.25, -0.2) is 0 Å². The van der Waals surface area contributed by atoms with Gasteiger partial charge in [0.1, 0.15) is 0 Å². The second-order valence-corrected chi connectivity index (χ2v) is 4.12. The SMILES string of the molecule is Nc1ccc(-c2cc(Cl)ccc2Cl)[nH]c1=O. The van der Waals surface area contributed by atoms with Crippen molar-refractivity contribution in [2.75, 3.05) is 5.73 Å². The van der Waals surface area contributed by atoms with Crippen molar-refractivity contribution < 1.29 is 0 Å². The molecule has 0 fully saturated rings. The Morgan fingerprint density at radius 3 is 2.56 bits per heavy atom. The molecule has 0 amide bonds. The first-order valence-corrected chi connectivity index (χ1v) is 5.28. The van der Waals surface area contributed by atoms with Gasteiger partial charge >= 0.3 is 0 Å². The number of hydrogen-bond donors (Lipinski definition) is 2. The Hall–Kier alpha value is -1.45. The minimum atomic E-state index is -0.339. The summed E-state index contributed by atoms with van der Waals surface area (Å²) in [4.78, 5) is 14.0. The smallest absolute Gasteiger partial charge is 0.271 e. The van der Waals surface area contributed by atoms with Gasteiger partial charge in [-0.05, 0) is 30.3 Å². The molecule has 0 aliphatic carbocycles. The van der Waals surface area contributed by atoms with Crippen molar-refractivity contribution in [2.45, 2.75) is 0 Å². The predicted octanol–water partition coefficient (Wildman–Crippen LogP) is 2.93. The van der Waals surface area contributed by atoms with Crippen LogP contribution in [0.5, 0.6) is 0 Å². The number of hydrogen-bond acceptors (Lipinski definition) is 2. The van der Waals surface area contributed by atoms with Crippen LogP contribution in [0.15, 0.2) is 35.1 Å². The third-order valence-electron chi connectivity index (χ3n) is 2.16. The number of nitrogens with two attached hydrogens (primary N) is 1. The monoisotopic (exact) mass is 254 g/mol. The number of halogens is 2. The van der Waals surface area contributed by atoms with Gasteiger partial charge in [0.15, 0.2) is 0 Å². The van der Waals surface area contributed by atoms with Crippen LogP contribution in [-0.4, -0.2) is 4.98 Å². The first-order chi connectivity index (χ1) is 7.58. The van der Waals surface area contributed by atoms with Gasteiger partial charge in [-0.1, -0.05) is 23.2 Å². The summed E-state index contributed by atoms with van der Waals surface area (Å²) in [6, 6.07) is 8.27. The second kappa shape index (κ2) is 4.20. The molecule has 3 nitrogen and oxygen atoms in total. The largest absolute Gasteiger partial charge is 0.394 e. The lowest BCUT2D eigenvalue weighted by Gasteiger charge is -2.05. The summed E-state index contributed by atoms with van der Waals surface area (Å²) in [5.41, 5.74) is 6.52. The average molecular weight is 255 g/mol. The normalized spacial score (nSPS) is 10.4. The van der Waals surface area contributed by atoms with E-state index in [4.69, 9.17) is 28.9 Å². The Morgan fingerprint density at radius 2 is 1.88 bits per heavy atom. The maximum atomic E-state index is 11.4. The van der Waals surface area contributed by atoms with E-state index in [1.165, 1.54) is 6.07 Å². The molecule has 1 aromatic carbocycles. The standard InChI is InChI=1S/C11H8Cl2N2O/c12-6-1-2-8(13)7(5-6)10-4-3-9(14)11(16)15-10/h1-5H,14H2,(H,15,16). The first-order valence-electron chi connectivity index (χ1n) is 4.52. The van der Waals surface area contributed by atoms with Gasteiger partial charge in [0.25, 0.3) is 5.56 Å². The van der Waals surface area contributed by atoms with E-state index < -0.39 is 0 Å². The zero-order valence-electron chi connectivity index (χ0n) is 8.13. The van der Waals surface area contributed by atoms with Crippen molar-refractivity contribution >= 4 is 28.9 Å². The van der Waals surface area contributed by atoms with E-state index in [9.17, 15) is 4.79 Å². The first kappa shape index (κ1) is 11.0. The maximum absolute atomic E-state index is 11.4. The molecule has 2 rings (SSSR count). The number of benzene rings is 1. The van der Waals surface area contributed by atoms with Gasteiger partial charge in [0.05, 0.1) is 5.69 Å². The van der Waals surface area contributed by atoms with Crippen molar-refractivity contribution in [2.24, 2.45) is 0 Å². The Kier molecular flexibility index (Phi) is 2.90. The van der Waals surface area contributed by atoms with Crippen LogP contribution < -0.4 is 11.3 Å². The molecule has 82 valence electrons. The van der Waals surface area contributed by atoms with Crippen LogP contribution in [0, 0.1) is 0 Å². The summed E-state index contributed by atoms with van der Waals surface area (Å²) in [6.07, 6.45) is 0. The highest BCUT2D eigenvalue weighted by Gasteiger charge is 2.06. The fourth-order valence-corrected chi connectivity index (χ4v) is 1.74. The highest BCUT2D eigenvalue weighted by atomic mass is 35.5. The molecule has 0 saturated carbocycles. The van der Waals surface area contributed by atoms with Crippen LogP contribution >= 0.6 is 23.2 Å². The molecule has 16 heavy (non-hydrogen) atoms. The van der Waals surface area contributed by atoms with Gasteiger partial charge in [0.2, 0.25) is 0 Å². The number of nitrogens with one attached hydrogen (secondary N) is 1. The maximum Gasteiger partial charge on any atom is 0.271 e. The molecule has 0 radical (unpaired) electrons. The van der Waals surface area contributed by atoms with E-state index in [1.807, 2.05) is 0 Å². The predicted molar refractivity (Wildman–Crippen MR) is 66.9 cm³/mol. The molecule has 3 N–H and O–H groups in total. The minimum Gasteiger partial charge on any atom is -0.394 e. The number of aromatic amines is 1. The molecule has 1 heterocycles. The average Bonchev–Trinajstić information content (AvgIpc) is 2.26. The lowest BCUT2D eigenvalue weighted by atomic mass is 10.1. The summed E-state index contributed by atoms with van der Waals surface area (Å²) in [6.45, 7) is 0. The van der Waals surface area contributed by atoms with Crippen LogP contribution in [0.2, 0.25) is 10.0 Å². The lowest BCUT2D eigenvalue weighted by Crippen LogP contribution is -2.11. The van der Waals surface area contributed by atoms with Gasteiger partial charge in [-0.3, -0.25) is 4.79 Å². The topological polar surface area (TPSA) is 58.9 Å². The molecule has 5 heteroatoms. The highest BCUT2D eigenvalue weighted by Crippen LogP contribution is 2.28. The molecule has 0 spiro atoms. The van der Waals surface area contributed by atoms with Crippen LogP contribution in [0.1, 0.15) is 0 Å². The third kappa shape index (κ3) is 2.05. The lowest BCUT2D eigenvalue weighted by molar-refractivity contribution is 1.25. The van der Waals surface area contributed by atoms with Crippen molar-refractivity contribution in [1.82, 2.24) is 4.98 Å².